The van der Waals surface area contributed by atoms with Crippen LogP contribution in [0.3, 0.4) is 0 Å². The summed E-state index contributed by atoms with van der Waals surface area (Å²) in [5.74, 6) is -0.542. The average molecular weight is 317 g/mol. The standard InChI is InChI=1S/C10H9BrN2O3S/c1-17(15,16)9-6-7(11)2-3-8(9)13-10(14)4-5-12/h2-3,6H,4H2,1H3,(H,13,14). The summed E-state index contributed by atoms with van der Waals surface area (Å²) < 4.78 is 23.6. The number of hydrogen-bond acceptors (Lipinski definition) is 4. The van der Waals surface area contributed by atoms with Gasteiger partial charge in [0, 0.05) is 10.7 Å². The summed E-state index contributed by atoms with van der Waals surface area (Å²) >= 11 is 3.16. The molecule has 0 saturated carbocycles. The third-order valence-electron chi connectivity index (χ3n) is 1.86. The van der Waals surface area contributed by atoms with E-state index in [1.54, 1.807) is 12.1 Å². The number of benzene rings is 1. The molecule has 0 atom stereocenters. The number of nitrogens with one attached hydrogen (secondary N) is 1. The van der Waals surface area contributed by atoms with Gasteiger partial charge in [-0.25, -0.2) is 8.42 Å². The summed E-state index contributed by atoms with van der Waals surface area (Å²) in [6.07, 6.45) is 0.730. The lowest BCUT2D eigenvalue weighted by Crippen LogP contribution is -2.13. The number of amides is 1. The fraction of sp³-hybridized carbons (Fsp3) is 0.200. The first-order valence-corrected chi connectivity index (χ1v) is 7.19. The predicted octanol–water partition coefficient (Wildman–Crippen LogP) is 1.70. The molecular weight excluding hydrogens is 308 g/mol. The van der Waals surface area contributed by atoms with Crippen molar-refractivity contribution in [2.45, 2.75) is 11.3 Å². The lowest BCUT2D eigenvalue weighted by molar-refractivity contribution is -0.115. The van der Waals surface area contributed by atoms with Gasteiger partial charge >= 0.3 is 0 Å². The number of anilines is 1. The second-order valence-corrected chi connectivity index (χ2v) is 6.20. The van der Waals surface area contributed by atoms with E-state index in [4.69, 9.17) is 5.26 Å². The van der Waals surface area contributed by atoms with Crippen LogP contribution in [-0.4, -0.2) is 20.6 Å². The first kappa shape index (κ1) is 13.7. The van der Waals surface area contributed by atoms with Crippen LogP contribution in [0.2, 0.25) is 0 Å². The van der Waals surface area contributed by atoms with Crippen LogP contribution in [-0.2, 0) is 14.6 Å². The molecule has 90 valence electrons. The lowest BCUT2D eigenvalue weighted by Gasteiger charge is -2.09. The molecule has 17 heavy (non-hydrogen) atoms. The Bertz CT molecular complexity index is 590. The van der Waals surface area contributed by atoms with E-state index in [0.29, 0.717) is 4.47 Å². The summed E-state index contributed by atoms with van der Waals surface area (Å²) in [6, 6.07) is 6.16. The average Bonchev–Trinajstić information content (AvgIpc) is 2.19. The maximum Gasteiger partial charge on any atom is 0.238 e. The molecule has 1 amide bonds. The van der Waals surface area contributed by atoms with Crippen molar-refractivity contribution in [3.05, 3.63) is 22.7 Å². The van der Waals surface area contributed by atoms with Gasteiger partial charge in [0.15, 0.2) is 9.84 Å². The van der Waals surface area contributed by atoms with Crippen LogP contribution < -0.4 is 5.32 Å². The maximum atomic E-state index is 11.5. The minimum atomic E-state index is -3.44. The van der Waals surface area contributed by atoms with Crippen LogP contribution in [0, 0.1) is 11.3 Å². The van der Waals surface area contributed by atoms with E-state index in [-0.39, 0.29) is 17.0 Å². The Morgan fingerprint density at radius 3 is 2.71 bits per heavy atom. The Morgan fingerprint density at radius 2 is 2.18 bits per heavy atom. The quantitative estimate of drug-likeness (QED) is 0.919. The van der Waals surface area contributed by atoms with Gasteiger partial charge in [-0.05, 0) is 18.2 Å². The van der Waals surface area contributed by atoms with Crippen LogP contribution in [0.25, 0.3) is 0 Å². The van der Waals surface area contributed by atoms with Gasteiger partial charge in [0.25, 0.3) is 0 Å². The molecule has 1 aromatic rings. The van der Waals surface area contributed by atoms with Crippen LogP contribution in [0.1, 0.15) is 6.42 Å². The van der Waals surface area contributed by atoms with Crippen LogP contribution in [0.15, 0.2) is 27.6 Å². The van der Waals surface area contributed by atoms with E-state index in [1.165, 1.54) is 12.1 Å². The number of sulfone groups is 1. The molecule has 0 aliphatic rings. The monoisotopic (exact) mass is 316 g/mol. The Morgan fingerprint density at radius 1 is 1.53 bits per heavy atom. The SMILES string of the molecule is CS(=O)(=O)c1cc(Br)ccc1NC(=O)CC#N. The van der Waals surface area contributed by atoms with Gasteiger partial charge in [0.05, 0.1) is 16.7 Å². The molecule has 0 aliphatic carbocycles. The zero-order valence-electron chi connectivity index (χ0n) is 8.90. The van der Waals surface area contributed by atoms with E-state index < -0.39 is 15.7 Å². The third kappa shape index (κ3) is 3.84. The summed E-state index contributed by atoms with van der Waals surface area (Å²) in [6.45, 7) is 0. The highest BCUT2D eigenvalue weighted by Gasteiger charge is 2.15. The molecule has 0 radical (unpaired) electrons. The van der Waals surface area contributed by atoms with Gasteiger partial charge in [0.1, 0.15) is 6.42 Å². The molecule has 0 heterocycles. The van der Waals surface area contributed by atoms with Crippen molar-refractivity contribution in [2.24, 2.45) is 0 Å². The van der Waals surface area contributed by atoms with Crippen molar-refractivity contribution in [3.8, 4) is 6.07 Å². The van der Waals surface area contributed by atoms with Crippen molar-refractivity contribution < 1.29 is 13.2 Å². The number of hydrogen-bond donors (Lipinski definition) is 1. The Kier molecular flexibility index (Phi) is 4.26. The van der Waals surface area contributed by atoms with Crippen molar-refractivity contribution in [3.63, 3.8) is 0 Å². The molecule has 0 unspecified atom stereocenters. The van der Waals surface area contributed by atoms with Crippen molar-refractivity contribution >= 4 is 37.4 Å². The molecule has 0 bridgehead atoms. The number of carbonyl (C=O) groups excluding carboxylic acids is 1. The van der Waals surface area contributed by atoms with Gasteiger partial charge in [0.2, 0.25) is 5.91 Å². The van der Waals surface area contributed by atoms with E-state index in [2.05, 4.69) is 21.2 Å². The molecule has 0 spiro atoms. The Balaban J connectivity index is 3.17. The van der Waals surface area contributed by atoms with Gasteiger partial charge in [-0.2, -0.15) is 5.26 Å². The molecular formula is C10H9BrN2O3S. The van der Waals surface area contributed by atoms with Crippen molar-refractivity contribution in [1.29, 1.82) is 5.26 Å². The second kappa shape index (κ2) is 5.29. The van der Waals surface area contributed by atoms with E-state index in [9.17, 15) is 13.2 Å². The molecule has 7 heteroatoms. The number of halogens is 1. The number of nitrogens with zero attached hydrogens (tertiary/aromatic N) is 1. The first-order valence-electron chi connectivity index (χ1n) is 4.51. The zero-order chi connectivity index (χ0) is 13.1. The molecule has 0 aliphatic heterocycles. The largest absolute Gasteiger partial charge is 0.324 e. The third-order valence-corrected chi connectivity index (χ3v) is 3.49. The van der Waals surface area contributed by atoms with Gasteiger partial charge in [-0.15, -0.1) is 0 Å². The minimum Gasteiger partial charge on any atom is -0.324 e. The smallest absolute Gasteiger partial charge is 0.238 e. The fourth-order valence-corrected chi connectivity index (χ4v) is 2.54. The molecule has 0 fully saturated rings. The summed E-state index contributed by atoms with van der Waals surface area (Å²) in [7, 11) is -3.44. The molecule has 1 rings (SSSR count). The van der Waals surface area contributed by atoms with E-state index in [1.807, 2.05) is 0 Å². The highest BCUT2D eigenvalue weighted by atomic mass is 79.9. The summed E-state index contributed by atoms with van der Waals surface area (Å²) in [5.41, 5.74) is 0.177. The number of nitriles is 1. The zero-order valence-corrected chi connectivity index (χ0v) is 11.3. The van der Waals surface area contributed by atoms with Gasteiger partial charge < -0.3 is 5.32 Å². The summed E-state index contributed by atoms with van der Waals surface area (Å²) in [5, 5.41) is 10.7. The number of rotatable bonds is 3. The lowest BCUT2D eigenvalue weighted by atomic mass is 10.3. The van der Waals surface area contributed by atoms with Crippen LogP contribution in [0.5, 0.6) is 0 Å². The van der Waals surface area contributed by atoms with Gasteiger partial charge in [-0.1, -0.05) is 15.9 Å². The normalized spacial score (nSPS) is 10.6. The van der Waals surface area contributed by atoms with Crippen molar-refractivity contribution in [1.82, 2.24) is 0 Å². The Hall–Kier alpha value is -1.39. The highest BCUT2D eigenvalue weighted by molar-refractivity contribution is 9.10. The predicted molar refractivity (Wildman–Crippen MR) is 66.1 cm³/mol. The number of carbonyl (C=O) groups is 1. The minimum absolute atomic E-state index is 0.0122. The second-order valence-electron chi connectivity index (χ2n) is 3.30. The molecule has 0 saturated heterocycles. The highest BCUT2D eigenvalue weighted by Crippen LogP contribution is 2.25. The Labute approximate surface area is 107 Å². The van der Waals surface area contributed by atoms with Crippen molar-refractivity contribution in [2.75, 3.05) is 11.6 Å². The molecule has 0 aromatic heterocycles. The van der Waals surface area contributed by atoms with Crippen LogP contribution >= 0.6 is 15.9 Å². The fourth-order valence-electron chi connectivity index (χ4n) is 1.17. The summed E-state index contributed by atoms with van der Waals surface area (Å²) in [4.78, 5) is 11.2. The van der Waals surface area contributed by atoms with Crippen LogP contribution in [0.4, 0.5) is 5.69 Å². The van der Waals surface area contributed by atoms with E-state index in [0.717, 1.165) is 6.26 Å². The topological polar surface area (TPSA) is 87.0 Å². The van der Waals surface area contributed by atoms with E-state index >= 15 is 0 Å². The molecule has 1 N–H and O–H groups in total. The maximum absolute atomic E-state index is 11.5. The first-order chi connectivity index (χ1) is 7.84. The van der Waals surface area contributed by atoms with Gasteiger partial charge in [-0.3, -0.25) is 4.79 Å². The molecule has 5 nitrogen and oxygen atoms in total. The molecule has 1 aromatic carbocycles.